The molecular formula is C22H17BrN2O2. The number of hydrogen-bond acceptors (Lipinski definition) is 3. The van der Waals surface area contributed by atoms with Crippen LogP contribution in [0.5, 0.6) is 0 Å². The van der Waals surface area contributed by atoms with Gasteiger partial charge in [-0.2, -0.15) is 0 Å². The van der Waals surface area contributed by atoms with Crippen LogP contribution >= 0.6 is 15.9 Å². The predicted molar refractivity (Wildman–Crippen MR) is 111 cm³/mol. The summed E-state index contributed by atoms with van der Waals surface area (Å²) in [7, 11) is 0. The molecule has 0 aliphatic carbocycles. The number of benzene rings is 3. The maximum atomic E-state index is 12.4. The minimum atomic E-state index is -0.167. The van der Waals surface area contributed by atoms with Crippen LogP contribution < -0.4 is 5.32 Å². The second-order valence-corrected chi connectivity index (χ2v) is 7.38. The molecule has 0 radical (unpaired) electrons. The highest BCUT2D eigenvalue weighted by Gasteiger charge is 2.11. The van der Waals surface area contributed by atoms with Gasteiger partial charge in [-0.25, -0.2) is 4.98 Å². The lowest BCUT2D eigenvalue weighted by Crippen LogP contribution is -2.11. The Hall–Kier alpha value is -2.92. The van der Waals surface area contributed by atoms with E-state index in [-0.39, 0.29) is 5.91 Å². The minimum Gasteiger partial charge on any atom is -0.436 e. The third kappa shape index (κ3) is 3.64. The topological polar surface area (TPSA) is 55.1 Å². The van der Waals surface area contributed by atoms with Gasteiger partial charge in [0.25, 0.3) is 5.91 Å². The van der Waals surface area contributed by atoms with E-state index >= 15 is 0 Å². The summed E-state index contributed by atoms with van der Waals surface area (Å²) in [4.78, 5) is 17.0. The molecule has 5 heteroatoms. The normalized spacial score (nSPS) is 10.9. The Balaban J connectivity index is 1.61. The highest BCUT2D eigenvalue weighted by Crippen LogP contribution is 2.27. The van der Waals surface area contributed by atoms with E-state index in [1.807, 2.05) is 36.4 Å². The highest BCUT2D eigenvalue weighted by atomic mass is 79.9. The largest absolute Gasteiger partial charge is 0.436 e. The molecule has 0 fully saturated rings. The summed E-state index contributed by atoms with van der Waals surface area (Å²) in [5.41, 5.74) is 6.02. The lowest BCUT2D eigenvalue weighted by atomic mass is 10.1. The van der Waals surface area contributed by atoms with Gasteiger partial charge in [0.05, 0.1) is 0 Å². The van der Waals surface area contributed by atoms with Crippen molar-refractivity contribution in [3.05, 3.63) is 81.8 Å². The van der Waals surface area contributed by atoms with Crippen LogP contribution in [0.25, 0.3) is 22.6 Å². The molecule has 0 saturated carbocycles. The average molecular weight is 421 g/mol. The average Bonchev–Trinajstić information content (AvgIpc) is 3.08. The number of fused-ring (bicyclic) bond motifs is 1. The quantitative estimate of drug-likeness (QED) is 0.433. The summed E-state index contributed by atoms with van der Waals surface area (Å²) in [5.74, 6) is 0.407. The molecule has 0 aliphatic heterocycles. The zero-order valence-electron chi connectivity index (χ0n) is 14.9. The lowest BCUT2D eigenvalue weighted by Gasteiger charge is -2.05. The van der Waals surface area contributed by atoms with Crippen molar-refractivity contribution in [2.24, 2.45) is 0 Å². The fraction of sp³-hybridized carbons (Fsp3) is 0.0909. The molecule has 4 rings (SSSR count). The minimum absolute atomic E-state index is 0.167. The van der Waals surface area contributed by atoms with Crippen molar-refractivity contribution in [2.45, 2.75) is 13.8 Å². The number of anilines is 1. The molecule has 1 N–H and O–H groups in total. The van der Waals surface area contributed by atoms with Gasteiger partial charge in [-0.3, -0.25) is 4.79 Å². The summed E-state index contributed by atoms with van der Waals surface area (Å²) in [6.45, 7) is 4.14. The fourth-order valence-corrected chi connectivity index (χ4v) is 3.07. The van der Waals surface area contributed by atoms with Gasteiger partial charge in [0.1, 0.15) is 5.52 Å². The SMILES string of the molecule is Cc1ccc(-c2nc3cc(NC(=O)c4ccc(Br)cc4)ccc3o2)cc1C. The van der Waals surface area contributed by atoms with Gasteiger partial charge in [-0.15, -0.1) is 0 Å². The second kappa shape index (κ2) is 7.00. The smallest absolute Gasteiger partial charge is 0.255 e. The van der Waals surface area contributed by atoms with Crippen molar-refractivity contribution >= 4 is 38.6 Å². The third-order valence-electron chi connectivity index (χ3n) is 4.51. The molecule has 4 aromatic rings. The zero-order chi connectivity index (χ0) is 19.0. The van der Waals surface area contributed by atoms with Gasteiger partial charge in [-0.05, 0) is 79.6 Å². The zero-order valence-corrected chi connectivity index (χ0v) is 16.5. The molecule has 0 atom stereocenters. The predicted octanol–water partition coefficient (Wildman–Crippen LogP) is 6.13. The molecule has 4 nitrogen and oxygen atoms in total. The summed E-state index contributed by atoms with van der Waals surface area (Å²) < 4.78 is 6.81. The number of nitrogens with one attached hydrogen (secondary N) is 1. The van der Waals surface area contributed by atoms with Crippen LogP contribution in [0, 0.1) is 13.8 Å². The van der Waals surface area contributed by atoms with Gasteiger partial charge >= 0.3 is 0 Å². The summed E-state index contributed by atoms with van der Waals surface area (Å²) >= 11 is 3.37. The number of hydrogen-bond donors (Lipinski definition) is 1. The first-order chi connectivity index (χ1) is 13.0. The van der Waals surface area contributed by atoms with E-state index in [2.05, 4.69) is 52.2 Å². The second-order valence-electron chi connectivity index (χ2n) is 6.46. The number of carbonyl (C=O) groups excluding carboxylic acids is 1. The Kier molecular flexibility index (Phi) is 4.54. The molecule has 0 spiro atoms. The molecule has 0 aliphatic rings. The Labute approximate surface area is 165 Å². The number of carbonyl (C=O) groups is 1. The van der Waals surface area contributed by atoms with Crippen LogP contribution in [0.2, 0.25) is 0 Å². The highest BCUT2D eigenvalue weighted by molar-refractivity contribution is 9.10. The number of aromatic nitrogens is 1. The maximum Gasteiger partial charge on any atom is 0.255 e. The van der Waals surface area contributed by atoms with Crippen LogP contribution in [0.1, 0.15) is 21.5 Å². The Bertz CT molecular complexity index is 1150. The fourth-order valence-electron chi connectivity index (χ4n) is 2.81. The van der Waals surface area contributed by atoms with Crippen LogP contribution in [0.4, 0.5) is 5.69 Å². The van der Waals surface area contributed by atoms with Crippen LogP contribution in [-0.4, -0.2) is 10.9 Å². The van der Waals surface area contributed by atoms with Gasteiger partial charge in [0, 0.05) is 21.3 Å². The number of halogens is 1. The van der Waals surface area contributed by atoms with Gasteiger partial charge in [0.15, 0.2) is 5.58 Å². The molecule has 0 unspecified atom stereocenters. The molecule has 134 valence electrons. The van der Waals surface area contributed by atoms with Crippen molar-refractivity contribution in [1.29, 1.82) is 0 Å². The standard InChI is InChI=1S/C22H17BrN2O2/c1-13-3-4-16(11-14(13)2)22-25-19-12-18(9-10-20(19)27-22)24-21(26)15-5-7-17(23)8-6-15/h3-12H,1-2H3,(H,24,26). The van der Waals surface area contributed by atoms with E-state index < -0.39 is 0 Å². The van der Waals surface area contributed by atoms with Gasteiger partial charge in [-0.1, -0.05) is 22.0 Å². The Morgan fingerprint density at radius 3 is 2.48 bits per heavy atom. The van der Waals surface area contributed by atoms with E-state index in [9.17, 15) is 4.79 Å². The van der Waals surface area contributed by atoms with Gasteiger partial charge < -0.3 is 9.73 Å². The van der Waals surface area contributed by atoms with E-state index in [0.717, 1.165) is 10.0 Å². The third-order valence-corrected chi connectivity index (χ3v) is 5.03. The first-order valence-electron chi connectivity index (χ1n) is 8.55. The van der Waals surface area contributed by atoms with E-state index in [4.69, 9.17) is 4.42 Å². The van der Waals surface area contributed by atoms with E-state index in [1.54, 1.807) is 12.1 Å². The number of aryl methyl sites for hydroxylation is 2. The first-order valence-corrected chi connectivity index (χ1v) is 9.34. The Morgan fingerprint density at radius 2 is 1.74 bits per heavy atom. The summed E-state index contributed by atoms with van der Waals surface area (Å²) in [5, 5.41) is 2.90. The Morgan fingerprint density at radius 1 is 0.963 bits per heavy atom. The summed E-state index contributed by atoms with van der Waals surface area (Å²) in [6, 6.07) is 18.8. The molecule has 1 amide bonds. The lowest BCUT2D eigenvalue weighted by molar-refractivity contribution is 0.102. The maximum absolute atomic E-state index is 12.4. The number of nitrogens with zero attached hydrogens (tertiary/aromatic N) is 1. The van der Waals surface area contributed by atoms with Crippen LogP contribution in [0.3, 0.4) is 0 Å². The molecule has 27 heavy (non-hydrogen) atoms. The molecule has 1 aromatic heterocycles. The van der Waals surface area contributed by atoms with Crippen molar-refractivity contribution in [1.82, 2.24) is 4.98 Å². The molecule has 0 saturated heterocycles. The molecule has 0 bridgehead atoms. The van der Waals surface area contributed by atoms with Crippen molar-refractivity contribution in [2.75, 3.05) is 5.32 Å². The van der Waals surface area contributed by atoms with Crippen molar-refractivity contribution in [3.63, 3.8) is 0 Å². The van der Waals surface area contributed by atoms with Crippen molar-refractivity contribution < 1.29 is 9.21 Å². The molecule has 1 heterocycles. The monoisotopic (exact) mass is 420 g/mol. The number of oxazole rings is 1. The van der Waals surface area contributed by atoms with E-state index in [1.165, 1.54) is 11.1 Å². The van der Waals surface area contributed by atoms with Gasteiger partial charge in [0.2, 0.25) is 5.89 Å². The first kappa shape index (κ1) is 17.5. The van der Waals surface area contributed by atoms with Crippen molar-refractivity contribution in [3.8, 4) is 11.5 Å². The molecule has 3 aromatic carbocycles. The number of rotatable bonds is 3. The van der Waals surface area contributed by atoms with Crippen LogP contribution in [0.15, 0.2) is 69.6 Å². The van der Waals surface area contributed by atoms with Crippen LogP contribution in [-0.2, 0) is 0 Å². The summed E-state index contributed by atoms with van der Waals surface area (Å²) in [6.07, 6.45) is 0. The number of amides is 1. The molecular weight excluding hydrogens is 404 g/mol. The van der Waals surface area contributed by atoms with E-state index in [0.29, 0.717) is 28.2 Å².